The molecule has 5 nitrogen and oxygen atoms in total. The van der Waals surface area contributed by atoms with Gasteiger partial charge < -0.3 is 10.5 Å². The lowest BCUT2D eigenvalue weighted by Gasteiger charge is -2.33. The summed E-state index contributed by atoms with van der Waals surface area (Å²) < 4.78 is 5.07. The third kappa shape index (κ3) is 4.73. The molecule has 1 rings (SSSR count). The summed E-state index contributed by atoms with van der Waals surface area (Å²) in [5.41, 5.74) is 5.50. The second kappa shape index (κ2) is 7.27. The summed E-state index contributed by atoms with van der Waals surface area (Å²) in [6, 6.07) is 0. The number of carbonyl (C=O) groups is 1. The van der Waals surface area contributed by atoms with Gasteiger partial charge in [-0.05, 0) is 32.4 Å². The van der Waals surface area contributed by atoms with Crippen molar-refractivity contribution in [1.29, 1.82) is 5.41 Å². The predicted octanol–water partition coefficient (Wildman–Crippen LogP) is 0.976. The Hall–Kier alpha value is -1.10. The van der Waals surface area contributed by atoms with Crippen LogP contribution in [0.2, 0.25) is 0 Å². The van der Waals surface area contributed by atoms with Gasteiger partial charge >= 0.3 is 0 Å². The Morgan fingerprint density at radius 3 is 2.71 bits per heavy atom. The molecule has 0 amide bonds. The molecule has 1 fully saturated rings. The van der Waals surface area contributed by atoms with Gasteiger partial charge in [0.25, 0.3) is 6.47 Å². The molecule has 5 heteroatoms. The van der Waals surface area contributed by atoms with Crippen LogP contribution in [-0.4, -0.2) is 42.9 Å². The molecule has 1 heterocycles. The highest BCUT2D eigenvalue weighted by Gasteiger charge is 2.23. The van der Waals surface area contributed by atoms with E-state index in [9.17, 15) is 4.79 Å². The van der Waals surface area contributed by atoms with Gasteiger partial charge in [-0.25, -0.2) is 0 Å². The maximum atomic E-state index is 10.4. The second-order valence-electron chi connectivity index (χ2n) is 4.67. The van der Waals surface area contributed by atoms with E-state index in [4.69, 9.17) is 15.9 Å². The monoisotopic (exact) mass is 241 g/mol. The number of amidine groups is 1. The van der Waals surface area contributed by atoms with E-state index < -0.39 is 0 Å². The van der Waals surface area contributed by atoms with Crippen LogP contribution in [0.5, 0.6) is 0 Å². The Bertz CT molecular complexity index is 250. The molecule has 0 bridgehead atoms. The van der Waals surface area contributed by atoms with Gasteiger partial charge in [0, 0.05) is 12.5 Å². The molecule has 0 spiro atoms. The van der Waals surface area contributed by atoms with Crippen LogP contribution in [0.15, 0.2) is 0 Å². The number of ether oxygens (including phenoxy) is 1. The number of nitrogens with zero attached hydrogens (tertiary/aromatic N) is 1. The molecular weight excluding hydrogens is 218 g/mol. The molecular formula is C12H23N3O2. The van der Waals surface area contributed by atoms with E-state index in [0.29, 0.717) is 12.3 Å². The number of nitrogens with one attached hydrogen (secondary N) is 1. The average molecular weight is 241 g/mol. The van der Waals surface area contributed by atoms with Gasteiger partial charge in [0.15, 0.2) is 0 Å². The first-order valence-corrected chi connectivity index (χ1v) is 6.32. The Morgan fingerprint density at radius 1 is 1.59 bits per heavy atom. The van der Waals surface area contributed by atoms with Crippen molar-refractivity contribution in [2.45, 2.75) is 38.7 Å². The molecule has 1 unspecified atom stereocenters. The summed E-state index contributed by atoms with van der Waals surface area (Å²) in [5.74, 6) is 0.543. The smallest absolute Gasteiger partial charge is 0.293 e. The fourth-order valence-electron chi connectivity index (χ4n) is 2.32. The molecule has 0 radical (unpaired) electrons. The van der Waals surface area contributed by atoms with E-state index in [1.165, 1.54) is 0 Å². The van der Waals surface area contributed by atoms with Crippen LogP contribution in [0.1, 0.15) is 32.6 Å². The van der Waals surface area contributed by atoms with Crippen molar-refractivity contribution < 1.29 is 9.53 Å². The third-order valence-corrected chi connectivity index (χ3v) is 3.35. The summed E-state index contributed by atoms with van der Waals surface area (Å²) in [4.78, 5) is 12.7. The Balaban J connectivity index is 2.32. The van der Waals surface area contributed by atoms with Gasteiger partial charge in [-0.1, -0.05) is 13.3 Å². The van der Waals surface area contributed by atoms with Crippen molar-refractivity contribution >= 4 is 12.3 Å². The van der Waals surface area contributed by atoms with E-state index in [0.717, 1.165) is 45.3 Å². The molecule has 17 heavy (non-hydrogen) atoms. The number of hydrogen-bond donors (Lipinski definition) is 2. The Kier molecular flexibility index (Phi) is 5.97. The van der Waals surface area contributed by atoms with Crippen LogP contribution < -0.4 is 5.73 Å². The quantitative estimate of drug-likeness (QED) is 0.395. The summed E-state index contributed by atoms with van der Waals surface area (Å²) in [6.07, 6.45) is 3.81. The van der Waals surface area contributed by atoms with Crippen molar-refractivity contribution in [3.8, 4) is 0 Å². The fourth-order valence-corrected chi connectivity index (χ4v) is 2.32. The first-order chi connectivity index (χ1) is 8.17. The molecule has 1 atom stereocenters. The normalized spacial score (nSPS) is 19.8. The molecule has 0 aromatic rings. The first kappa shape index (κ1) is 14.0. The number of hydrogen-bond acceptors (Lipinski definition) is 4. The number of piperidine rings is 1. The second-order valence-corrected chi connectivity index (χ2v) is 4.67. The van der Waals surface area contributed by atoms with Crippen molar-refractivity contribution in [2.24, 2.45) is 11.7 Å². The lowest BCUT2D eigenvalue weighted by atomic mass is 9.95. The largest absolute Gasteiger partial charge is 0.463 e. The summed E-state index contributed by atoms with van der Waals surface area (Å²) in [6.45, 7) is 5.31. The minimum atomic E-state index is 0.00591. The maximum absolute atomic E-state index is 10.4. The molecule has 0 aromatic carbocycles. The SMILES string of the molecule is CCCC(CN1CCC(C(=N)N)CC1)OC=O. The van der Waals surface area contributed by atoms with Crippen LogP contribution >= 0.6 is 0 Å². The number of rotatable bonds is 7. The van der Waals surface area contributed by atoms with Gasteiger partial charge in [-0.2, -0.15) is 0 Å². The van der Waals surface area contributed by atoms with Crippen LogP contribution in [-0.2, 0) is 9.53 Å². The summed E-state index contributed by atoms with van der Waals surface area (Å²) in [5, 5.41) is 7.42. The van der Waals surface area contributed by atoms with Crippen LogP contribution in [0, 0.1) is 11.3 Å². The number of likely N-dealkylation sites (tertiary alicyclic amines) is 1. The van der Waals surface area contributed by atoms with Crippen molar-refractivity contribution in [1.82, 2.24) is 4.90 Å². The van der Waals surface area contributed by atoms with Crippen LogP contribution in [0.4, 0.5) is 0 Å². The van der Waals surface area contributed by atoms with Crippen molar-refractivity contribution in [3.63, 3.8) is 0 Å². The van der Waals surface area contributed by atoms with Gasteiger partial charge in [-0.15, -0.1) is 0 Å². The van der Waals surface area contributed by atoms with Crippen LogP contribution in [0.3, 0.4) is 0 Å². The highest BCUT2D eigenvalue weighted by molar-refractivity contribution is 5.79. The number of carbonyl (C=O) groups excluding carboxylic acids is 1. The predicted molar refractivity (Wildman–Crippen MR) is 66.9 cm³/mol. The lowest BCUT2D eigenvalue weighted by molar-refractivity contribution is -0.134. The zero-order valence-electron chi connectivity index (χ0n) is 10.5. The molecule has 3 N–H and O–H groups in total. The highest BCUT2D eigenvalue weighted by atomic mass is 16.5. The highest BCUT2D eigenvalue weighted by Crippen LogP contribution is 2.17. The molecule has 1 aliphatic heterocycles. The molecule has 1 saturated heterocycles. The molecule has 0 aliphatic carbocycles. The van der Waals surface area contributed by atoms with Crippen LogP contribution in [0.25, 0.3) is 0 Å². The summed E-state index contributed by atoms with van der Waals surface area (Å²) in [7, 11) is 0. The fraction of sp³-hybridized carbons (Fsp3) is 0.833. The van der Waals surface area contributed by atoms with Gasteiger partial charge in [-0.3, -0.25) is 15.1 Å². The minimum absolute atomic E-state index is 0.00591. The zero-order chi connectivity index (χ0) is 12.7. The van der Waals surface area contributed by atoms with E-state index in [2.05, 4.69) is 11.8 Å². The van der Waals surface area contributed by atoms with E-state index in [-0.39, 0.29) is 12.0 Å². The minimum Gasteiger partial charge on any atom is -0.463 e. The van der Waals surface area contributed by atoms with Gasteiger partial charge in [0.2, 0.25) is 0 Å². The van der Waals surface area contributed by atoms with E-state index in [1.807, 2.05) is 0 Å². The number of nitrogens with two attached hydrogens (primary N) is 1. The molecule has 1 aliphatic rings. The lowest BCUT2D eigenvalue weighted by Crippen LogP contribution is -2.42. The van der Waals surface area contributed by atoms with Crippen molar-refractivity contribution in [3.05, 3.63) is 0 Å². The van der Waals surface area contributed by atoms with E-state index in [1.54, 1.807) is 0 Å². The van der Waals surface area contributed by atoms with E-state index >= 15 is 0 Å². The topological polar surface area (TPSA) is 79.4 Å². The maximum Gasteiger partial charge on any atom is 0.293 e. The van der Waals surface area contributed by atoms with Crippen molar-refractivity contribution in [2.75, 3.05) is 19.6 Å². The first-order valence-electron chi connectivity index (χ1n) is 6.32. The zero-order valence-corrected chi connectivity index (χ0v) is 10.5. The summed E-state index contributed by atoms with van der Waals surface area (Å²) >= 11 is 0. The molecule has 0 aromatic heterocycles. The Morgan fingerprint density at radius 2 is 2.24 bits per heavy atom. The third-order valence-electron chi connectivity index (χ3n) is 3.35. The van der Waals surface area contributed by atoms with Gasteiger partial charge in [0.1, 0.15) is 6.10 Å². The standard InChI is InChI=1S/C12H23N3O2/c1-2-3-11(17-9-16)8-15-6-4-10(5-7-15)12(13)14/h9-11H,2-8H2,1H3,(H3,13,14). The Labute approximate surface area is 103 Å². The average Bonchev–Trinajstić information content (AvgIpc) is 2.30. The molecule has 0 saturated carbocycles. The molecule has 98 valence electrons. The van der Waals surface area contributed by atoms with Gasteiger partial charge in [0.05, 0.1) is 5.84 Å².